The van der Waals surface area contributed by atoms with Gasteiger partial charge in [0.1, 0.15) is 0 Å². The summed E-state index contributed by atoms with van der Waals surface area (Å²) in [4.78, 5) is 0. The molecule has 1 atom stereocenters. The second-order valence-corrected chi connectivity index (χ2v) is 5.24. The summed E-state index contributed by atoms with van der Waals surface area (Å²) in [5.74, 6) is 0.526. The normalized spacial score (nSPS) is 20.0. The molecule has 1 unspecified atom stereocenters. The molecule has 1 aromatic carbocycles. The first kappa shape index (κ1) is 10.7. The molecular formula is C14H20O. The molecule has 1 aliphatic rings. The van der Waals surface area contributed by atoms with Gasteiger partial charge in [-0.3, -0.25) is 0 Å². The highest BCUT2D eigenvalue weighted by Gasteiger charge is 2.39. The van der Waals surface area contributed by atoms with Gasteiger partial charge in [-0.1, -0.05) is 23.8 Å². The lowest BCUT2D eigenvalue weighted by Crippen LogP contribution is -2.30. The van der Waals surface area contributed by atoms with E-state index in [1.165, 1.54) is 29.5 Å². The number of benzene rings is 1. The molecule has 2 rings (SSSR count). The molecule has 1 nitrogen and oxygen atoms in total. The van der Waals surface area contributed by atoms with E-state index in [2.05, 4.69) is 32.0 Å². The van der Waals surface area contributed by atoms with Crippen LogP contribution in [0.1, 0.15) is 36.5 Å². The predicted molar refractivity (Wildman–Crippen MR) is 63.0 cm³/mol. The molecule has 0 saturated heterocycles. The van der Waals surface area contributed by atoms with Gasteiger partial charge in [-0.25, -0.2) is 0 Å². The van der Waals surface area contributed by atoms with Crippen LogP contribution in [0.25, 0.3) is 0 Å². The van der Waals surface area contributed by atoms with Crippen LogP contribution in [0.3, 0.4) is 0 Å². The van der Waals surface area contributed by atoms with E-state index in [1.807, 2.05) is 6.92 Å². The highest BCUT2D eigenvalue weighted by atomic mass is 16.3. The number of hydrogen-bond donors (Lipinski definition) is 1. The van der Waals surface area contributed by atoms with Crippen LogP contribution in [-0.2, 0) is 6.42 Å². The Morgan fingerprint density at radius 2 is 2.00 bits per heavy atom. The average molecular weight is 204 g/mol. The third kappa shape index (κ3) is 2.40. The van der Waals surface area contributed by atoms with Crippen molar-refractivity contribution in [2.75, 3.05) is 0 Å². The lowest BCUT2D eigenvalue weighted by Gasteiger charge is -2.24. The minimum atomic E-state index is -0.500. The Bertz CT molecular complexity index is 362. The van der Waals surface area contributed by atoms with Gasteiger partial charge in [-0.2, -0.15) is 0 Å². The molecule has 0 amide bonds. The molecule has 0 heterocycles. The van der Waals surface area contributed by atoms with Gasteiger partial charge >= 0.3 is 0 Å². The van der Waals surface area contributed by atoms with E-state index in [1.54, 1.807) is 0 Å². The fourth-order valence-corrected chi connectivity index (χ4v) is 2.28. The van der Waals surface area contributed by atoms with Crippen molar-refractivity contribution in [3.8, 4) is 0 Å². The van der Waals surface area contributed by atoms with Crippen LogP contribution in [0, 0.1) is 19.8 Å². The Kier molecular flexibility index (Phi) is 2.59. The van der Waals surface area contributed by atoms with E-state index < -0.39 is 5.60 Å². The summed E-state index contributed by atoms with van der Waals surface area (Å²) in [6.45, 7) is 6.21. The summed E-state index contributed by atoms with van der Waals surface area (Å²) in [6, 6.07) is 6.48. The van der Waals surface area contributed by atoms with Crippen LogP contribution < -0.4 is 0 Å². The van der Waals surface area contributed by atoms with Crippen molar-refractivity contribution in [3.05, 3.63) is 34.9 Å². The fraction of sp³-hybridized carbons (Fsp3) is 0.571. The predicted octanol–water partition coefficient (Wildman–Crippen LogP) is 3.01. The maximum atomic E-state index is 10.3. The Hall–Kier alpha value is -0.820. The first-order valence-electron chi connectivity index (χ1n) is 5.77. The molecule has 1 heteroatoms. The van der Waals surface area contributed by atoms with Crippen molar-refractivity contribution in [2.45, 2.75) is 45.6 Å². The summed E-state index contributed by atoms with van der Waals surface area (Å²) in [7, 11) is 0. The molecule has 0 aliphatic heterocycles. The molecule has 82 valence electrons. The fourth-order valence-electron chi connectivity index (χ4n) is 2.28. The molecule has 1 aliphatic carbocycles. The molecule has 1 fully saturated rings. The van der Waals surface area contributed by atoms with Crippen LogP contribution in [0.5, 0.6) is 0 Å². The van der Waals surface area contributed by atoms with Crippen molar-refractivity contribution in [1.29, 1.82) is 0 Å². The van der Waals surface area contributed by atoms with Crippen molar-refractivity contribution in [1.82, 2.24) is 0 Å². The first-order chi connectivity index (χ1) is 6.99. The van der Waals surface area contributed by atoms with E-state index in [-0.39, 0.29) is 0 Å². The van der Waals surface area contributed by atoms with Crippen LogP contribution in [0.4, 0.5) is 0 Å². The van der Waals surface area contributed by atoms with Crippen LogP contribution in [0.15, 0.2) is 18.2 Å². The van der Waals surface area contributed by atoms with Crippen molar-refractivity contribution >= 4 is 0 Å². The minimum absolute atomic E-state index is 0.500. The van der Waals surface area contributed by atoms with Crippen LogP contribution in [0.2, 0.25) is 0 Å². The molecule has 1 saturated carbocycles. The summed E-state index contributed by atoms with van der Waals surface area (Å²) < 4.78 is 0. The van der Waals surface area contributed by atoms with Crippen molar-refractivity contribution < 1.29 is 5.11 Å². The van der Waals surface area contributed by atoms with Gasteiger partial charge in [0.25, 0.3) is 0 Å². The van der Waals surface area contributed by atoms with Gasteiger partial charge in [-0.05, 0) is 50.7 Å². The zero-order valence-electron chi connectivity index (χ0n) is 9.88. The standard InChI is InChI=1S/C14H20O/c1-10-4-5-12(11(2)8-10)9-14(3,15)13-6-7-13/h4-5,8,13,15H,6-7,9H2,1-3H3. The Balaban J connectivity index is 2.16. The number of hydrogen-bond acceptors (Lipinski definition) is 1. The quantitative estimate of drug-likeness (QED) is 0.802. The van der Waals surface area contributed by atoms with Crippen LogP contribution >= 0.6 is 0 Å². The van der Waals surface area contributed by atoms with Gasteiger partial charge in [0, 0.05) is 6.42 Å². The highest BCUT2D eigenvalue weighted by Crippen LogP contribution is 2.41. The van der Waals surface area contributed by atoms with Crippen molar-refractivity contribution in [3.63, 3.8) is 0 Å². The van der Waals surface area contributed by atoms with Gasteiger partial charge in [-0.15, -0.1) is 0 Å². The molecule has 15 heavy (non-hydrogen) atoms. The number of aliphatic hydroxyl groups is 1. The van der Waals surface area contributed by atoms with Crippen molar-refractivity contribution in [2.24, 2.45) is 5.92 Å². The maximum absolute atomic E-state index is 10.3. The third-order valence-corrected chi connectivity index (χ3v) is 3.50. The second-order valence-electron chi connectivity index (χ2n) is 5.24. The zero-order valence-corrected chi connectivity index (χ0v) is 9.88. The average Bonchev–Trinajstić information content (AvgIpc) is 2.92. The van der Waals surface area contributed by atoms with E-state index >= 15 is 0 Å². The van der Waals surface area contributed by atoms with E-state index in [4.69, 9.17) is 0 Å². The molecule has 1 N–H and O–H groups in total. The minimum Gasteiger partial charge on any atom is -0.390 e. The molecule has 0 spiro atoms. The topological polar surface area (TPSA) is 20.2 Å². The van der Waals surface area contributed by atoms with E-state index in [9.17, 15) is 5.11 Å². The smallest absolute Gasteiger partial charge is 0.0688 e. The SMILES string of the molecule is Cc1ccc(CC(C)(O)C2CC2)c(C)c1. The zero-order chi connectivity index (χ0) is 11.1. The third-order valence-electron chi connectivity index (χ3n) is 3.50. The van der Waals surface area contributed by atoms with Crippen LogP contribution in [-0.4, -0.2) is 10.7 Å². The van der Waals surface area contributed by atoms with E-state index in [0.717, 1.165) is 6.42 Å². The van der Waals surface area contributed by atoms with Gasteiger partial charge in [0.15, 0.2) is 0 Å². The number of aryl methyl sites for hydroxylation is 2. The summed E-state index contributed by atoms with van der Waals surface area (Å²) in [5, 5.41) is 10.3. The highest BCUT2D eigenvalue weighted by molar-refractivity contribution is 5.31. The Morgan fingerprint density at radius 3 is 2.53 bits per heavy atom. The second kappa shape index (κ2) is 3.64. The summed E-state index contributed by atoms with van der Waals surface area (Å²) in [5.41, 5.74) is 3.38. The molecule has 0 radical (unpaired) electrons. The lowest BCUT2D eigenvalue weighted by atomic mass is 9.89. The molecule has 0 bridgehead atoms. The first-order valence-corrected chi connectivity index (χ1v) is 5.77. The lowest BCUT2D eigenvalue weighted by molar-refractivity contribution is 0.0370. The number of rotatable bonds is 3. The monoisotopic (exact) mass is 204 g/mol. The van der Waals surface area contributed by atoms with Gasteiger partial charge in [0.2, 0.25) is 0 Å². The molecule has 1 aromatic rings. The molecule has 0 aromatic heterocycles. The van der Waals surface area contributed by atoms with Gasteiger partial charge in [0.05, 0.1) is 5.60 Å². The maximum Gasteiger partial charge on any atom is 0.0688 e. The Labute approximate surface area is 92.1 Å². The van der Waals surface area contributed by atoms with Gasteiger partial charge < -0.3 is 5.11 Å². The Morgan fingerprint density at radius 1 is 1.33 bits per heavy atom. The largest absolute Gasteiger partial charge is 0.390 e. The molecular weight excluding hydrogens is 184 g/mol. The summed E-state index contributed by atoms with van der Waals surface area (Å²) in [6.07, 6.45) is 3.18. The van der Waals surface area contributed by atoms with E-state index in [0.29, 0.717) is 5.92 Å². The summed E-state index contributed by atoms with van der Waals surface area (Å²) >= 11 is 0.